The monoisotopic (exact) mass is 216 g/mol. The van der Waals surface area contributed by atoms with Crippen LogP contribution in [0.4, 0.5) is 5.82 Å². The van der Waals surface area contributed by atoms with E-state index in [9.17, 15) is 0 Å². The minimum Gasteiger partial charge on any atom is -0.385 e. The van der Waals surface area contributed by atoms with Crippen molar-refractivity contribution in [2.75, 3.05) is 18.8 Å². The number of imidazole rings is 1. The lowest BCUT2D eigenvalue weighted by atomic mass is 10.0. The molecule has 0 aliphatic carbocycles. The van der Waals surface area contributed by atoms with Gasteiger partial charge in [-0.05, 0) is 44.0 Å². The molecule has 2 aromatic heterocycles. The highest BCUT2D eigenvalue weighted by Crippen LogP contribution is 2.16. The van der Waals surface area contributed by atoms with Crippen molar-refractivity contribution in [1.29, 1.82) is 0 Å². The summed E-state index contributed by atoms with van der Waals surface area (Å²) in [5.41, 5.74) is 7.98. The molecule has 16 heavy (non-hydrogen) atoms. The van der Waals surface area contributed by atoms with Crippen LogP contribution in [-0.2, 0) is 6.42 Å². The highest BCUT2D eigenvalue weighted by atomic mass is 15.1. The number of hydrogen-bond acceptors (Lipinski definition) is 3. The Balaban J connectivity index is 1.90. The molecule has 4 heteroatoms. The zero-order valence-electron chi connectivity index (χ0n) is 9.19. The third-order valence-electron chi connectivity index (χ3n) is 3.23. The molecule has 0 radical (unpaired) electrons. The third-order valence-corrected chi connectivity index (χ3v) is 3.23. The van der Waals surface area contributed by atoms with Crippen LogP contribution in [0.1, 0.15) is 12.1 Å². The second-order valence-electron chi connectivity index (χ2n) is 4.47. The molecule has 3 N–H and O–H groups in total. The van der Waals surface area contributed by atoms with Crippen molar-refractivity contribution in [2.24, 2.45) is 5.92 Å². The van der Waals surface area contributed by atoms with Gasteiger partial charge in [0.25, 0.3) is 0 Å². The second-order valence-corrected chi connectivity index (χ2v) is 4.47. The van der Waals surface area contributed by atoms with E-state index in [0.29, 0.717) is 0 Å². The molecule has 84 valence electrons. The highest BCUT2D eigenvalue weighted by molar-refractivity contribution is 5.48. The van der Waals surface area contributed by atoms with Crippen molar-refractivity contribution in [3.63, 3.8) is 0 Å². The third kappa shape index (κ3) is 1.65. The number of fused-ring (bicyclic) bond motifs is 1. The van der Waals surface area contributed by atoms with E-state index in [2.05, 4.69) is 16.5 Å². The van der Waals surface area contributed by atoms with Gasteiger partial charge in [0.05, 0.1) is 5.69 Å². The summed E-state index contributed by atoms with van der Waals surface area (Å²) < 4.78 is 1.96. The number of hydrogen-bond donors (Lipinski definition) is 2. The van der Waals surface area contributed by atoms with Crippen molar-refractivity contribution in [2.45, 2.75) is 12.8 Å². The van der Waals surface area contributed by atoms with E-state index in [1.54, 1.807) is 0 Å². The standard InChI is InChI=1S/C12H16N4/c13-11-2-1-3-12-15-10(8-16(11)12)6-9-4-5-14-7-9/h1-3,8-9,14H,4-7,13H2. The summed E-state index contributed by atoms with van der Waals surface area (Å²) >= 11 is 0. The Morgan fingerprint density at radius 1 is 1.50 bits per heavy atom. The maximum absolute atomic E-state index is 5.89. The highest BCUT2D eigenvalue weighted by Gasteiger charge is 2.16. The Morgan fingerprint density at radius 3 is 3.19 bits per heavy atom. The normalized spacial score (nSPS) is 20.6. The molecule has 3 heterocycles. The molecular weight excluding hydrogens is 200 g/mol. The van der Waals surface area contributed by atoms with Crippen molar-refractivity contribution in [3.8, 4) is 0 Å². The van der Waals surface area contributed by atoms with Crippen LogP contribution in [0.15, 0.2) is 24.4 Å². The van der Waals surface area contributed by atoms with Crippen LogP contribution < -0.4 is 11.1 Å². The average molecular weight is 216 g/mol. The number of anilines is 1. The van der Waals surface area contributed by atoms with Gasteiger partial charge in [-0.25, -0.2) is 4.98 Å². The lowest BCUT2D eigenvalue weighted by molar-refractivity contribution is 0.573. The van der Waals surface area contributed by atoms with Gasteiger partial charge in [0.1, 0.15) is 11.5 Å². The molecule has 0 spiro atoms. The summed E-state index contributed by atoms with van der Waals surface area (Å²) in [4.78, 5) is 4.59. The van der Waals surface area contributed by atoms with Gasteiger partial charge in [0.15, 0.2) is 0 Å². The summed E-state index contributed by atoms with van der Waals surface area (Å²) in [6.07, 6.45) is 4.36. The molecule has 1 saturated heterocycles. The van der Waals surface area contributed by atoms with Gasteiger partial charge >= 0.3 is 0 Å². The lowest BCUT2D eigenvalue weighted by Crippen LogP contribution is -2.10. The summed E-state index contributed by atoms with van der Waals surface area (Å²) in [7, 11) is 0. The fourth-order valence-electron chi connectivity index (χ4n) is 2.37. The van der Waals surface area contributed by atoms with Crippen LogP contribution in [0.3, 0.4) is 0 Å². The molecule has 1 fully saturated rings. The van der Waals surface area contributed by atoms with Gasteiger partial charge in [-0.1, -0.05) is 6.07 Å². The molecule has 2 aromatic rings. The molecule has 1 aliphatic rings. The Labute approximate surface area is 94.5 Å². The minimum atomic E-state index is 0.728. The maximum Gasteiger partial charge on any atom is 0.138 e. The summed E-state index contributed by atoms with van der Waals surface area (Å²) in [5, 5.41) is 3.38. The van der Waals surface area contributed by atoms with Crippen molar-refractivity contribution >= 4 is 11.5 Å². The Morgan fingerprint density at radius 2 is 2.44 bits per heavy atom. The average Bonchev–Trinajstić information content (AvgIpc) is 2.88. The van der Waals surface area contributed by atoms with Crippen LogP contribution in [0.25, 0.3) is 5.65 Å². The molecule has 4 nitrogen and oxygen atoms in total. The van der Waals surface area contributed by atoms with E-state index in [-0.39, 0.29) is 0 Å². The number of nitrogens with zero attached hydrogens (tertiary/aromatic N) is 2. The van der Waals surface area contributed by atoms with Crippen molar-refractivity contribution in [3.05, 3.63) is 30.1 Å². The van der Waals surface area contributed by atoms with Gasteiger partial charge in [-0.3, -0.25) is 4.40 Å². The van der Waals surface area contributed by atoms with E-state index < -0.39 is 0 Å². The van der Waals surface area contributed by atoms with E-state index in [4.69, 9.17) is 5.73 Å². The van der Waals surface area contributed by atoms with Crippen LogP contribution >= 0.6 is 0 Å². The zero-order valence-corrected chi connectivity index (χ0v) is 9.19. The van der Waals surface area contributed by atoms with Gasteiger partial charge in [0.2, 0.25) is 0 Å². The number of rotatable bonds is 2. The largest absolute Gasteiger partial charge is 0.385 e. The number of aromatic nitrogens is 2. The topological polar surface area (TPSA) is 55.3 Å². The van der Waals surface area contributed by atoms with Gasteiger partial charge in [0, 0.05) is 6.20 Å². The first-order chi connectivity index (χ1) is 7.83. The van der Waals surface area contributed by atoms with Crippen LogP contribution in [0.2, 0.25) is 0 Å². The van der Waals surface area contributed by atoms with Gasteiger partial charge in [-0.15, -0.1) is 0 Å². The summed E-state index contributed by atoms with van der Waals surface area (Å²) in [6, 6.07) is 5.83. The Kier molecular flexibility index (Phi) is 2.29. The first-order valence-electron chi connectivity index (χ1n) is 5.76. The molecule has 0 bridgehead atoms. The summed E-state index contributed by atoms with van der Waals surface area (Å²) in [5.74, 6) is 1.48. The predicted molar refractivity (Wildman–Crippen MR) is 64.3 cm³/mol. The van der Waals surface area contributed by atoms with Crippen molar-refractivity contribution < 1.29 is 0 Å². The van der Waals surface area contributed by atoms with Gasteiger partial charge < -0.3 is 11.1 Å². The van der Waals surface area contributed by atoms with Crippen LogP contribution in [-0.4, -0.2) is 22.5 Å². The number of pyridine rings is 1. The van der Waals surface area contributed by atoms with Crippen LogP contribution in [0, 0.1) is 5.92 Å². The molecule has 1 atom stereocenters. The van der Waals surface area contributed by atoms with E-state index in [1.165, 1.54) is 6.42 Å². The lowest BCUT2D eigenvalue weighted by Gasteiger charge is -2.03. The number of nitrogens with one attached hydrogen (secondary N) is 1. The first-order valence-corrected chi connectivity index (χ1v) is 5.76. The molecular formula is C12H16N4. The first kappa shape index (κ1) is 9.66. The predicted octanol–water partition coefficient (Wildman–Crippen LogP) is 1.07. The fraction of sp³-hybridized carbons (Fsp3) is 0.417. The maximum atomic E-state index is 5.89. The molecule has 3 rings (SSSR count). The van der Waals surface area contributed by atoms with E-state index >= 15 is 0 Å². The Bertz CT molecular complexity index is 497. The Hall–Kier alpha value is -1.55. The quantitative estimate of drug-likeness (QED) is 0.789. The second kappa shape index (κ2) is 3.79. The van der Waals surface area contributed by atoms with Crippen molar-refractivity contribution in [1.82, 2.24) is 14.7 Å². The van der Waals surface area contributed by atoms with E-state index in [0.717, 1.165) is 42.6 Å². The number of nitrogen functional groups attached to an aromatic ring is 1. The van der Waals surface area contributed by atoms with Crippen LogP contribution in [0.5, 0.6) is 0 Å². The fourth-order valence-corrected chi connectivity index (χ4v) is 2.37. The zero-order chi connectivity index (χ0) is 11.0. The molecule has 0 aromatic carbocycles. The summed E-state index contributed by atoms with van der Waals surface area (Å²) in [6.45, 7) is 2.25. The van der Waals surface area contributed by atoms with E-state index in [1.807, 2.05) is 22.6 Å². The molecule has 0 saturated carbocycles. The molecule has 0 amide bonds. The van der Waals surface area contributed by atoms with Gasteiger partial charge in [-0.2, -0.15) is 0 Å². The smallest absolute Gasteiger partial charge is 0.138 e. The molecule has 1 unspecified atom stereocenters. The molecule has 1 aliphatic heterocycles. The minimum absolute atomic E-state index is 0.728. The SMILES string of the molecule is Nc1cccc2nc(CC3CCNC3)cn12. The number of nitrogens with two attached hydrogens (primary N) is 1.